The van der Waals surface area contributed by atoms with Crippen molar-refractivity contribution in [3.8, 4) is 0 Å². The van der Waals surface area contributed by atoms with Gasteiger partial charge in [-0.2, -0.15) is 0 Å². The monoisotopic (exact) mass is 394 g/mol. The molecule has 7 heteroatoms. The Kier molecular flexibility index (Phi) is 5.98. The second-order valence-electron chi connectivity index (χ2n) is 7.08. The number of rotatable bonds is 7. The van der Waals surface area contributed by atoms with Crippen LogP contribution < -0.4 is 5.56 Å². The van der Waals surface area contributed by atoms with E-state index in [4.69, 9.17) is 14.8 Å². The van der Waals surface area contributed by atoms with Gasteiger partial charge in [0, 0.05) is 16.7 Å². The summed E-state index contributed by atoms with van der Waals surface area (Å²) in [5.74, 6) is 0.746. The minimum Gasteiger partial charge on any atom is -0.394 e. The number of hydrogen-bond donors (Lipinski definition) is 1. The van der Waals surface area contributed by atoms with Crippen LogP contribution in [0.5, 0.6) is 0 Å². The zero-order valence-electron chi connectivity index (χ0n) is 15.0. The van der Waals surface area contributed by atoms with Gasteiger partial charge in [0.25, 0.3) is 5.56 Å². The second kappa shape index (κ2) is 8.42. The smallest absolute Gasteiger partial charge is 0.263 e. The van der Waals surface area contributed by atoms with Crippen LogP contribution in [0.4, 0.5) is 0 Å². The third kappa shape index (κ3) is 3.59. The molecule has 0 aromatic carbocycles. The molecular formula is C19H26N2O3S2. The fourth-order valence-corrected chi connectivity index (χ4v) is 6.36. The third-order valence-corrected chi connectivity index (χ3v) is 7.48. The molecule has 1 fully saturated rings. The van der Waals surface area contributed by atoms with Crippen molar-refractivity contribution in [3.05, 3.63) is 20.8 Å². The predicted molar refractivity (Wildman–Crippen MR) is 107 cm³/mol. The zero-order chi connectivity index (χ0) is 17.9. The van der Waals surface area contributed by atoms with Crippen LogP contribution in [0, 0.1) is 0 Å². The van der Waals surface area contributed by atoms with Crippen LogP contribution >= 0.6 is 23.1 Å². The number of fused-ring (bicyclic) bond motifs is 3. The van der Waals surface area contributed by atoms with Gasteiger partial charge in [-0.3, -0.25) is 9.36 Å². The van der Waals surface area contributed by atoms with Gasteiger partial charge in [0.1, 0.15) is 4.83 Å². The van der Waals surface area contributed by atoms with E-state index in [1.807, 2.05) is 4.57 Å². The molecule has 1 saturated carbocycles. The highest BCUT2D eigenvalue weighted by Gasteiger charge is 2.26. The number of thioether (sulfide) groups is 1. The molecule has 2 aromatic heterocycles. The van der Waals surface area contributed by atoms with Crippen LogP contribution in [-0.2, 0) is 17.6 Å². The highest BCUT2D eigenvalue weighted by Crippen LogP contribution is 2.37. The number of thiophene rings is 1. The second-order valence-corrected chi connectivity index (χ2v) is 9.23. The standard InChI is InChI=1S/C19H26N2O3S2/c22-9-10-24-11-12-25-19-20-17-16(14-7-3-4-8-15(14)26-17)18(23)21(19)13-5-1-2-6-13/h13,22H,1-12H2. The molecule has 2 aliphatic carbocycles. The lowest BCUT2D eigenvalue weighted by atomic mass is 9.97. The summed E-state index contributed by atoms with van der Waals surface area (Å²) in [4.78, 5) is 20.7. The topological polar surface area (TPSA) is 64.3 Å². The molecule has 0 spiro atoms. The van der Waals surface area contributed by atoms with Gasteiger partial charge in [0.15, 0.2) is 5.16 Å². The maximum Gasteiger partial charge on any atom is 0.263 e. The van der Waals surface area contributed by atoms with Crippen LogP contribution in [0.25, 0.3) is 10.2 Å². The molecular weight excluding hydrogens is 368 g/mol. The minimum absolute atomic E-state index is 0.0441. The van der Waals surface area contributed by atoms with Gasteiger partial charge in [0.05, 0.1) is 25.2 Å². The molecule has 4 rings (SSSR count). The summed E-state index contributed by atoms with van der Waals surface area (Å²) < 4.78 is 7.36. The average molecular weight is 395 g/mol. The Balaban J connectivity index is 1.71. The molecule has 0 amide bonds. The van der Waals surface area contributed by atoms with Crippen LogP contribution in [0.3, 0.4) is 0 Å². The summed E-state index contributed by atoms with van der Waals surface area (Å²) >= 11 is 3.34. The van der Waals surface area contributed by atoms with Crippen LogP contribution in [0.1, 0.15) is 55.0 Å². The van der Waals surface area contributed by atoms with E-state index in [-0.39, 0.29) is 12.2 Å². The Morgan fingerprint density at radius 3 is 2.81 bits per heavy atom. The Morgan fingerprint density at radius 1 is 1.19 bits per heavy atom. The number of nitrogens with zero attached hydrogens (tertiary/aromatic N) is 2. The number of ether oxygens (including phenoxy) is 1. The van der Waals surface area contributed by atoms with Gasteiger partial charge in [-0.1, -0.05) is 24.6 Å². The summed E-state index contributed by atoms with van der Waals surface area (Å²) in [6.45, 7) is 0.966. The lowest BCUT2D eigenvalue weighted by molar-refractivity contribution is 0.103. The first-order chi connectivity index (χ1) is 12.8. The van der Waals surface area contributed by atoms with Crippen molar-refractivity contribution in [1.82, 2.24) is 9.55 Å². The molecule has 0 unspecified atom stereocenters. The van der Waals surface area contributed by atoms with Crippen molar-refractivity contribution >= 4 is 33.3 Å². The van der Waals surface area contributed by atoms with Gasteiger partial charge in [-0.05, 0) is 44.1 Å². The first-order valence-corrected chi connectivity index (χ1v) is 11.5. The fraction of sp³-hybridized carbons (Fsp3) is 0.684. The quantitative estimate of drug-likeness (QED) is 0.442. The Morgan fingerprint density at radius 2 is 2.00 bits per heavy atom. The zero-order valence-corrected chi connectivity index (χ0v) is 16.7. The highest BCUT2D eigenvalue weighted by atomic mass is 32.2. The summed E-state index contributed by atoms with van der Waals surface area (Å²) in [6, 6.07) is 0.291. The third-order valence-electron chi connectivity index (χ3n) is 5.37. The first kappa shape index (κ1) is 18.5. The average Bonchev–Trinajstić information content (AvgIpc) is 3.29. The van der Waals surface area contributed by atoms with Gasteiger partial charge in [-0.25, -0.2) is 4.98 Å². The van der Waals surface area contributed by atoms with E-state index < -0.39 is 0 Å². The van der Waals surface area contributed by atoms with E-state index in [9.17, 15) is 4.79 Å². The van der Waals surface area contributed by atoms with E-state index in [1.165, 1.54) is 36.1 Å². The van der Waals surface area contributed by atoms with Crippen molar-refractivity contribution in [3.63, 3.8) is 0 Å². The predicted octanol–water partition coefficient (Wildman–Crippen LogP) is 3.55. The van der Waals surface area contributed by atoms with Crippen molar-refractivity contribution in [2.24, 2.45) is 0 Å². The summed E-state index contributed by atoms with van der Waals surface area (Å²) in [5.41, 5.74) is 1.46. The summed E-state index contributed by atoms with van der Waals surface area (Å²) in [6.07, 6.45) is 9.07. The van der Waals surface area contributed by atoms with E-state index in [0.29, 0.717) is 19.3 Å². The van der Waals surface area contributed by atoms with E-state index in [1.54, 1.807) is 23.1 Å². The molecule has 5 nitrogen and oxygen atoms in total. The maximum absolute atomic E-state index is 13.5. The van der Waals surface area contributed by atoms with E-state index >= 15 is 0 Å². The lowest BCUT2D eigenvalue weighted by Gasteiger charge is -2.18. The van der Waals surface area contributed by atoms with Crippen LogP contribution in [-0.4, -0.2) is 40.2 Å². The van der Waals surface area contributed by atoms with Crippen LogP contribution in [0.2, 0.25) is 0 Å². The summed E-state index contributed by atoms with van der Waals surface area (Å²) in [7, 11) is 0. The molecule has 1 N–H and O–H groups in total. The van der Waals surface area contributed by atoms with E-state index in [0.717, 1.165) is 46.8 Å². The number of aromatic nitrogens is 2. The first-order valence-electron chi connectivity index (χ1n) is 9.67. The van der Waals surface area contributed by atoms with Crippen LogP contribution in [0.15, 0.2) is 9.95 Å². The molecule has 2 aromatic rings. The van der Waals surface area contributed by atoms with Crippen molar-refractivity contribution in [1.29, 1.82) is 0 Å². The van der Waals surface area contributed by atoms with Gasteiger partial charge >= 0.3 is 0 Å². The molecule has 2 aliphatic rings. The molecule has 0 aliphatic heterocycles. The Hall–Kier alpha value is -0.890. The number of aliphatic hydroxyl groups excluding tert-OH is 1. The largest absolute Gasteiger partial charge is 0.394 e. The number of aryl methyl sites for hydroxylation is 2. The Labute approximate surface area is 161 Å². The molecule has 0 saturated heterocycles. The number of hydrogen-bond acceptors (Lipinski definition) is 6. The van der Waals surface area contributed by atoms with Crippen molar-refractivity contribution < 1.29 is 9.84 Å². The van der Waals surface area contributed by atoms with Gasteiger partial charge in [0.2, 0.25) is 0 Å². The Bertz CT molecular complexity index is 824. The molecule has 2 heterocycles. The molecule has 142 valence electrons. The molecule has 0 radical (unpaired) electrons. The minimum atomic E-state index is 0.0441. The van der Waals surface area contributed by atoms with Gasteiger partial charge < -0.3 is 9.84 Å². The number of aliphatic hydroxyl groups is 1. The SMILES string of the molecule is O=c1c2c3c(sc2nc(SCCOCCO)n1C1CCCC1)CCCC3. The lowest BCUT2D eigenvalue weighted by Crippen LogP contribution is -2.27. The van der Waals surface area contributed by atoms with Crippen molar-refractivity contribution in [2.75, 3.05) is 25.6 Å². The molecule has 0 bridgehead atoms. The molecule has 26 heavy (non-hydrogen) atoms. The van der Waals surface area contributed by atoms with Gasteiger partial charge in [-0.15, -0.1) is 11.3 Å². The van der Waals surface area contributed by atoms with E-state index in [2.05, 4.69) is 0 Å². The van der Waals surface area contributed by atoms with Crippen molar-refractivity contribution in [2.45, 2.75) is 62.6 Å². The highest BCUT2D eigenvalue weighted by molar-refractivity contribution is 7.99. The summed E-state index contributed by atoms with van der Waals surface area (Å²) in [5, 5.41) is 10.6. The maximum atomic E-state index is 13.5. The fourth-order valence-electron chi connectivity index (χ4n) is 4.14. The normalized spacial score (nSPS) is 17.9. The molecule has 0 atom stereocenters.